The van der Waals surface area contributed by atoms with E-state index in [0.717, 1.165) is 49.5 Å². The summed E-state index contributed by atoms with van der Waals surface area (Å²) in [7, 11) is -3.93. The van der Waals surface area contributed by atoms with Crippen LogP contribution in [0.5, 0.6) is 0 Å². The molecule has 3 aromatic carbocycles. The highest BCUT2D eigenvalue weighted by molar-refractivity contribution is 7.92. The number of morpholine rings is 1. The van der Waals surface area contributed by atoms with E-state index in [1.54, 1.807) is 42.5 Å². The Balaban J connectivity index is 1.43. The zero-order chi connectivity index (χ0) is 25.5. The van der Waals surface area contributed by atoms with Gasteiger partial charge in [0, 0.05) is 26.2 Å². The van der Waals surface area contributed by atoms with Gasteiger partial charge in [0.15, 0.2) is 0 Å². The van der Waals surface area contributed by atoms with Crippen LogP contribution in [0.25, 0.3) is 0 Å². The highest BCUT2D eigenvalue weighted by Gasteiger charge is 2.27. The van der Waals surface area contributed by atoms with E-state index in [1.165, 1.54) is 9.87 Å². The van der Waals surface area contributed by atoms with Crippen molar-refractivity contribution >= 4 is 21.6 Å². The van der Waals surface area contributed by atoms with Crippen molar-refractivity contribution in [3.63, 3.8) is 0 Å². The highest BCUT2D eigenvalue weighted by atomic mass is 32.2. The predicted molar refractivity (Wildman–Crippen MR) is 141 cm³/mol. The number of carbonyl (C=O) groups is 1. The number of carbonyl (C=O) groups excluding carboxylic acids is 1. The van der Waals surface area contributed by atoms with Crippen molar-refractivity contribution in [3.05, 3.63) is 95.1 Å². The molecule has 0 spiro atoms. The minimum Gasteiger partial charge on any atom is -0.379 e. The third-order valence-corrected chi connectivity index (χ3v) is 8.00. The van der Waals surface area contributed by atoms with Crippen LogP contribution in [0, 0.1) is 13.8 Å². The van der Waals surface area contributed by atoms with Crippen molar-refractivity contribution in [3.8, 4) is 0 Å². The minimum absolute atomic E-state index is 0.151. The van der Waals surface area contributed by atoms with Crippen LogP contribution in [0.2, 0.25) is 0 Å². The van der Waals surface area contributed by atoms with Gasteiger partial charge in [0.25, 0.3) is 10.0 Å². The second-order valence-electron chi connectivity index (χ2n) is 9.15. The third-order valence-electron chi connectivity index (χ3n) is 6.21. The van der Waals surface area contributed by atoms with Gasteiger partial charge in [-0.2, -0.15) is 0 Å². The summed E-state index contributed by atoms with van der Waals surface area (Å²) in [6, 6.07) is 21.9. The van der Waals surface area contributed by atoms with Gasteiger partial charge < -0.3 is 10.1 Å². The molecule has 4 rings (SSSR count). The smallest absolute Gasteiger partial charge is 0.264 e. The lowest BCUT2D eigenvalue weighted by Crippen LogP contribution is -2.40. The van der Waals surface area contributed by atoms with Gasteiger partial charge in [-0.05, 0) is 54.8 Å². The number of rotatable bonds is 9. The van der Waals surface area contributed by atoms with Gasteiger partial charge in [0.1, 0.15) is 6.54 Å². The molecule has 36 heavy (non-hydrogen) atoms. The van der Waals surface area contributed by atoms with Crippen LogP contribution in [0.15, 0.2) is 77.7 Å². The largest absolute Gasteiger partial charge is 0.379 e. The lowest BCUT2D eigenvalue weighted by atomic mass is 10.1. The lowest BCUT2D eigenvalue weighted by Gasteiger charge is -2.26. The molecule has 1 saturated heterocycles. The second kappa shape index (κ2) is 11.7. The lowest BCUT2D eigenvalue weighted by molar-refractivity contribution is -0.119. The quantitative estimate of drug-likeness (QED) is 0.478. The molecule has 1 aliphatic heterocycles. The monoisotopic (exact) mass is 507 g/mol. The highest BCUT2D eigenvalue weighted by Crippen LogP contribution is 2.24. The summed E-state index contributed by atoms with van der Waals surface area (Å²) in [5.74, 6) is -0.371. The molecule has 3 aromatic rings. The molecule has 0 radical (unpaired) electrons. The number of amides is 1. The zero-order valence-corrected chi connectivity index (χ0v) is 21.6. The molecule has 1 fully saturated rings. The first-order valence-electron chi connectivity index (χ1n) is 12.1. The van der Waals surface area contributed by atoms with Crippen molar-refractivity contribution in [2.75, 3.05) is 37.2 Å². The Bertz CT molecular complexity index is 1270. The first-order chi connectivity index (χ1) is 17.3. The molecular weight excluding hydrogens is 474 g/mol. The van der Waals surface area contributed by atoms with Gasteiger partial charge >= 0.3 is 0 Å². The fraction of sp³-hybridized carbons (Fsp3) is 0.321. The molecule has 0 bridgehead atoms. The topological polar surface area (TPSA) is 79.0 Å². The van der Waals surface area contributed by atoms with Crippen molar-refractivity contribution in [2.24, 2.45) is 0 Å². The minimum atomic E-state index is -3.93. The number of sulfonamides is 1. The molecule has 0 aliphatic carbocycles. The summed E-state index contributed by atoms with van der Waals surface area (Å²) in [6.45, 7) is 8.07. The summed E-state index contributed by atoms with van der Waals surface area (Å²) < 4.78 is 33.6. The van der Waals surface area contributed by atoms with E-state index < -0.39 is 10.0 Å². The number of ether oxygens (including phenoxy) is 1. The Morgan fingerprint density at radius 1 is 0.917 bits per heavy atom. The van der Waals surface area contributed by atoms with E-state index in [-0.39, 0.29) is 17.3 Å². The van der Waals surface area contributed by atoms with E-state index in [9.17, 15) is 13.2 Å². The van der Waals surface area contributed by atoms with Crippen LogP contribution in [-0.4, -0.2) is 52.1 Å². The Kier molecular flexibility index (Phi) is 8.40. The number of nitrogens with one attached hydrogen (secondary N) is 1. The third kappa shape index (κ3) is 6.72. The standard InChI is InChI=1S/C28H33N3O4S/c1-22-6-12-27(13-7-22)36(33,34)31(26-5-3-4-23(2)18-26)21-28(32)29-19-24-8-10-25(11-9-24)20-30-14-16-35-17-15-30/h3-13,18H,14-17,19-21H2,1-2H3,(H,29,32). The van der Waals surface area contributed by atoms with Crippen molar-refractivity contribution in [1.29, 1.82) is 0 Å². The normalized spacial score (nSPS) is 14.4. The van der Waals surface area contributed by atoms with E-state index in [2.05, 4.69) is 22.3 Å². The number of anilines is 1. The molecule has 1 N–H and O–H groups in total. The molecule has 8 heteroatoms. The fourth-order valence-electron chi connectivity index (χ4n) is 4.10. The van der Waals surface area contributed by atoms with Crippen molar-refractivity contribution in [1.82, 2.24) is 10.2 Å². The molecule has 0 aromatic heterocycles. The molecule has 0 atom stereocenters. The molecule has 0 unspecified atom stereocenters. The number of hydrogen-bond acceptors (Lipinski definition) is 5. The Morgan fingerprint density at radius 2 is 1.58 bits per heavy atom. The average molecular weight is 508 g/mol. The van der Waals surface area contributed by atoms with E-state index >= 15 is 0 Å². The predicted octanol–water partition coefficient (Wildman–Crippen LogP) is 3.65. The van der Waals surface area contributed by atoms with Crippen LogP contribution in [0.3, 0.4) is 0 Å². The van der Waals surface area contributed by atoms with Gasteiger partial charge in [-0.25, -0.2) is 8.42 Å². The molecule has 0 saturated carbocycles. The van der Waals surface area contributed by atoms with E-state index in [0.29, 0.717) is 12.2 Å². The van der Waals surface area contributed by atoms with Crippen molar-refractivity contribution < 1.29 is 17.9 Å². The van der Waals surface area contributed by atoms with Crippen LogP contribution >= 0.6 is 0 Å². The number of aryl methyl sites for hydroxylation is 2. The Hall–Kier alpha value is -3.20. The summed E-state index contributed by atoms with van der Waals surface area (Å²) in [5.41, 5.74) is 4.50. The number of nitrogens with zero attached hydrogens (tertiary/aromatic N) is 2. The first kappa shape index (κ1) is 25.9. The van der Waals surface area contributed by atoms with Crippen molar-refractivity contribution in [2.45, 2.75) is 31.8 Å². The number of benzene rings is 3. The maximum absolute atomic E-state index is 13.5. The van der Waals surface area contributed by atoms with Crippen LogP contribution in [0.4, 0.5) is 5.69 Å². The maximum Gasteiger partial charge on any atom is 0.264 e. The summed E-state index contributed by atoms with van der Waals surface area (Å²) in [4.78, 5) is 15.4. The molecule has 1 amide bonds. The molecule has 1 aliphatic rings. The Morgan fingerprint density at radius 3 is 2.25 bits per heavy atom. The van der Waals surface area contributed by atoms with E-state index in [4.69, 9.17) is 4.74 Å². The molecular formula is C28H33N3O4S. The number of hydrogen-bond donors (Lipinski definition) is 1. The molecule has 7 nitrogen and oxygen atoms in total. The molecule has 1 heterocycles. The first-order valence-corrected chi connectivity index (χ1v) is 13.6. The zero-order valence-electron chi connectivity index (χ0n) is 20.8. The van der Waals surface area contributed by atoms with Gasteiger partial charge in [0.2, 0.25) is 5.91 Å². The van der Waals surface area contributed by atoms with Gasteiger partial charge in [-0.3, -0.25) is 14.0 Å². The fourth-order valence-corrected chi connectivity index (χ4v) is 5.52. The van der Waals surface area contributed by atoms with Gasteiger partial charge in [-0.1, -0.05) is 54.1 Å². The van der Waals surface area contributed by atoms with Gasteiger partial charge in [-0.15, -0.1) is 0 Å². The summed E-state index contributed by atoms with van der Waals surface area (Å²) in [5, 5.41) is 2.88. The summed E-state index contributed by atoms with van der Waals surface area (Å²) in [6.07, 6.45) is 0. The van der Waals surface area contributed by atoms with E-state index in [1.807, 2.05) is 32.0 Å². The van der Waals surface area contributed by atoms with Crippen LogP contribution in [0.1, 0.15) is 22.3 Å². The van der Waals surface area contributed by atoms with Crippen LogP contribution in [-0.2, 0) is 32.6 Å². The summed E-state index contributed by atoms with van der Waals surface area (Å²) >= 11 is 0. The second-order valence-corrected chi connectivity index (χ2v) is 11.0. The SMILES string of the molecule is Cc1ccc(S(=O)(=O)N(CC(=O)NCc2ccc(CN3CCOCC3)cc2)c2cccc(C)c2)cc1. The Labute approximate surface area is 213 Å². The van der Waals surface area contributed by atoms with Gasteiger partial charge in [0.05, 0.1) is 23.8 Å². The van der Waals surface area contributed by atoms with Crippen LogP contribution < -0.4 is 9.62 Å². The maximum atomic E-state index is 13.5. The average Bonchev–Trinajstić information content (AvgIpc) is 2.87. The molecule has 190 valence electrons.